The van der Waals surface area contributed by atoms with Gasteiger partial charge in [-0.2, -0.15) is 5.10 Å². The SMILES string of the molecule is O=C1OCCN1c1ccc2[nH]nc(-c3ccc4cc[nH]c4c3)c2c1. The van der Waals surface area contributed by atoms with Crippen LogP contribution in [0.4, 0.5) is 10.5 Å². The summed E-state index contributed by atoms with van der Waals surface area (Å²) < 4.78 is 5.03. The highest BCUT2D eigenvalue weighted by Gasteiger charge is 2.24. The number of aromatic nitrogens is 3. The number of amides is 1. The van der Waals surface area contributed by atoms with E-state index in [1.165, 1.54) is 5.39 Å². The summed E-state index contributed by atoms with van der Waals surface area (Å²) in [6.45, 7) is 1.00. The first kappa shape index (κ1) is 13.2. The van der Waals surface area contributed by atoms with Crippen LogP contribution in [0, 0.1) is 0 Å². The zero-order valence-corrected chi connectivity index (χ0v) is 12.7. The van der Waals surface area contributed by atoms with E-state index >= 15 is 0 Å². The average Bonchev–Trinajstić information content (AvgIpc) is 3.32. The number of hydrogen-bond donors (Lipinski definition) is 2. The molecule has 5 rings (SSSR count). The molecule has 4 aromatic rings. The maximum atomic E-state index is 11.8. The molecule has 1 aliphatic heterocycles. The zero-order valence-electron chi connectivity index (χ0n) is 12.7. The molecular formula is C18H14N4O2. The molecule has 6 nitrogen and oxygen atoms in total. The molecule has 2 aromatic heterocycles. The first-order valence-electron chi connectivity index (χ1n) is 7.79. The second-order valence-corrected chi connectivity index (χ2v) is 5.85. The summed E-state index contributed by atoms with van der Waals surface area (Å²) in [5.74, 6) is 0. The Bertz CT molecular complexity index is 1080. The number of carbonyl (C=O) groups excluding carboxylic acids is 1. The van der Waals surface area contributed by atoms with Crippen molar-refractivity contribution in [2.24, 2.45) is 0 Å². The number of rotatable bonds is 2. The number of H-pyrrole nitrogens is 2. The number of nitrogens with one attached hydrogen (secondary N) is 2. The Morgan fingerprint density at radius 2 is 2.04 bits per heavy atom. The number of benzene rings is 2. The van der Waals surface area contributed by atoms with Crippen molar-refractivity contribution >= 4 is 33.6 Å². The minimum Gasteiger partial charge on any atom is -0.447 e. The van der Waals surface area contributed by atoms with Gasteiger partial charge in [0.1, 0.15) is 12.3 Å². The van der Waals surface area contributed by atoms with E-state index in [-0.39, 0.29) is 6.09 Å². The molecule has 0 aliphatic carbocycles. The van der Waals surface area contributed by atoms with Crippen LogP contribution >= 0.6 is 0 Å². The lowest BCUT2D eigenvalue weighted by atomic mass is 10.1. The van der Waals surface area contributed by atoms with Gasteiger partial charge in [-0.3, -0.25) is 10.00 Å². The maximum Gasteiger partial charge on any atom is 0.414 e. The van der Waals surface area contributed by atoms with Gasteiger partial charge in [0.2, 0.25) is 0 Å². The highest BCUT2D eigenvalue weighted by Crippen LogP contribution is 2.31. The number of carbonyl (C=O) groups is 1. The van der Waals surface area contributed by atoms with Gasteiger partial charge in [0.15, 0.2) is 0 Å². The highest BCUT2D eigenvalue weighted by molar-refractivity contribution is 5.99. The summed E-state index contributed by atoms with van der Waals surface area (Å²) in [6, 6.07) is 14.1. The van der Waals surface area contributed by atoms with Crippen molar-refractivity contribution in [3.05, 3.63) is 48.7 Å². The van der Waals surface area contributed by atoms with E-state index < -0.39 is 0 Å². The van der Waals surface area contributed by atoms with Gasteiger partial charge in [-0.1, -0.05) is 12.1 Å². The molecule has 1 saturated heterocycles. The van der Waals surface area contributed by atoms with Gasteiger partial charge in [0.05, 0.1) is 12.1 Å². The molecule has 1 amide bonds. The van der Waals surface area contributed by atoms with E-state index in [1.807, 2.05) is 30.5 Å². The number of hydrogen-bond acceptors (Lipinski definition) is 3. The Balaban J connectivity index is 1.66. The minimum atomic E-state index is -0.299. The molecular weight excluding hydrogens is 304 g/mol. The Morgan fingerprint density at radius 1 is 1.08 bits per heavy atom. The Labute approximate surface area is 137 Å². The second-order valence-electron chi connectivity index (χ2n) is 5.85. The predicted molar refractivity (Wildman–Crippen MR) is 92.1 cm³/mol. The number of fused-ring (bicyclic) bond motifs is 2. The zero-order chi connectivity index (χ0) is 16.1. The van der Waals surface area contributed by atoms with Gasteiger partial charge in [-0.25, -0.2) is 4.79 Å². The van der Waals surface area contributed by atoms with Crippen LogP contribution in [0.3, 0.4) is 0 Å². The molecule has 0 unspecified atom stereocenters. The van der Waals surface area contributed by atoms with E-state index in [0.717, 1.165) is 33.4 Å². The van der Waals surface area contributed by atoms with Crippen LogP contribution in [0.2, 0.25) is 0 Å². The fourth-order valence-electron chi connectivity index (χ4n) is 3.21. The van der Waals surface area contributed by atoms with Gasteiger partial charge in [-0.05, 0) is 35.7 Å². The van der Waals surface area contributed by atoms with Crippen molar-refractivity contribution in [1.29, 1.82) is 0 Å². The van der Waals surface area contributed by atoms with Crippen molar-refractivity contribution in [2.45, 2.75) is 0 Å². The monoisotopic (exact) mass is 318 g/mol. The van der Waals surface area contributed by atoms with E-state index in [1.54, 1.807) is 4.90 Å². The molecule has 0 atom stereocenters. The lowest BCUT2D eigenvalue weighted by molar-refractivity contribution is 0.181. The molecule has 1 fully saturated rings. The standard InChI is InChI=1S/C18H14N4O2/c23-18-22(7-8-24-18)13-3-4-15-14(10-13)17(21-20-15)12-2-1-11-5-6-19-16(11)9-12/h1-6,9-10,19H,7-8H2,(H,20,21). The number of cyclic esters (lactones) is 1. The van der Waals surface area contributed by atoms with Crippen molar-refractivity contribution < 1.29 is 9.53 Å². The molecule has 0 bridgehead atoms. The summed E-state index contributed by atoms with van der Waals surface area (Å²) in [4.78, 5) is 16.7. The fraction of sp³-hybridized carbons (Fsp3) is 0.111. The molecule has 24 heavy (non-hydrogen) atoms. The molecule has 2 N–H and O–H groups in total. The number of ether oxygens (including phenoxy) is 1. The third-order valence-corrected chi connectivity index (χ3v) is 4.45. The van der Waals surface area contributed by atoms with Crippen molar-refractivity contribution in [3.63, 3.8) is 0 Å². The Morgan fingerprint density at radius 3 is 2.92 bits per heavy atom. The van der Waals surface area contributed by atoms with Crippen molar-refractivity contribution in [1.82, 2.24) is 15.2 Å². The summed E-state index contributed by atoms with van der Waals surface area (Å²) in [5, 5.41) is 9.68. The van der Waals surface area contributed by atoms with Crippen LogP contribution in [0.5, 0.6) is 0 Å². The predicted octanol–water partition coefficient (Wildman–Crippen LogP) is 3.67. The topological polar surface area (TPSA) is 74.0 Å². The van der Waals surface area contributed by atoms with Gasteiger partial charge in [-0.15, -0.1) is 0 Å². The maximum absolute atomic E-state index is 11.8. The van der Waals surface area contributed by atoms with E-state index in [0.29, 0.717) is 13.2 Å². The third kappa shape index (κ3) is 1.89. The minimum absolute atomic E-state index is 0.299. The van der Waals surface area contributed by atoms with Crippen LogP contribution in [0.25, 0.3) is 33.1 Å². The molecule has 118 valence electrons. The van der Waals surface area contributed by atoms with E-state index in [2.05, 4.69) is 33.4 Å². The van der Waals surface area contributed by atoms with Crippen LogP contribution < -0.4 is 4.90 Å². The van der Waals surface area contributed by atoms with E-state index in [4.69, 9.17) is 4.74 Å². The number of aromatic amines is 2. The van der Waals surface area contributed by atoms with Crippen LogP contribution in [0.1, 0.15) is 0 Å². The second kappa shape index (κ2) is 4.86. The first-order valence-corrected chi connectivity index (χ1v) is 7.79. The summed E-state index contributed by atoms with van der Waals surface area (Å²) in [7, 11) is 0. The van der Waals surface area contributed by atoms with Gasteiger partial charge in [0, 0.05) is 28.4 Å². The number of anilines is 1. The lowest BCUT2D eigenvalue weighted by Gasteiger charge is -2.12. The largest absolute Gasteiger partial charge is 0.447 e. The third-order valence-electron chi connectivity index (χ3n) is 4.45. The normalized spacial score (nSPS) is 14.7. The molecule has 2 aromatic carbocycles. The van der Waals surface area contributed by atoms with Crippen LogP contribution in [-0.2, 0) is 4.74 Å². The van der Waals surface area contributed by atoms with Gasteiger partial charge in [0.25, 0.3) is 0 Å². The Hall–Kier alpha value is -3.28. The van der Waals surface area contributed by atoms with Crippen molar-refractivity contribution in [2.75, 3.05) is 18.1 Å². The van der Waals surface area contributed by atoms with Crippen LogP contribution in [-0.4, -0.2) is 34.4 Å². The molecule has 0 spiro atoms. The van der Waals surface area contributed by atoms with Crippen LogP contribution in [0.15, 0.2) is 48.7 Å². The molecule has 0 radical (unpaired) electrons. The quantitative estimate of drug-likeness (QED) is 0.592. The molecule has 0 saturated carbocycles. The summed E-state index contributed by atoms with van der Waals surface area (Å²) in [6.07, 6.45) is 1.63. The van der Waals surface area contributed by atoms with Gasteiger partial charge >= 0.3 is 6.09 Å². The summed E-state index contributed by atoms with van der Waals surface area (Å²) in [5.41, 5.74) is 4.73. The highest BCUT2D eigenvalue weighted by atomic mass is 16.6. The summed E-state index contributed by atoms with van der Waals surface area (Å²) >= 11 is 0. The van der Waals surface area contributed by atoms with Crippen molar-refractivity contribution in [3.8, 4) is 11.3 Å². The molecule has 6 heteroatoms. The first-order chi connectivity index (χ1) is 11.8. The van der Waals surface area contributed by atoms with Gasteiger partial charge < -0.3 is 9.72 Å². The van der Waals surface area contributed by atoms with E-state index in [9.17, 15) is 4.79 Å². The smallest absolute Gasteiger partial charge is 0.414 e. The Kier molecular flexibility index (Phi) is 2.67. The molecule has 3 heterocycles. The molecule has 1 aliphatic rings. The average molecular weight is 318 g/mol. The number of nitrogens with zero attached hydrogens (tertiary/aromatic N) is 2. The lowest BCUT2D eigenvalue weighted by Crippen LogP contribution is -2.23. The fourth-order valence-corrected chi connectivity index (χ4v) is 3.21.